The molecule has 0 aliphatic rings. The topological polar surface area (TPSA) is 77.8 Å². The summed E-state index contributed by atoms with van der Waals surface area (Å²) in [7, 11) is 0. The van der Waals surface area contributed by atoms with Gasteiger partial charge in [0.2, 0.25) is 11.7 Å². The predicted molar refractivity (Wildman–Crippen MR) is 70.0 cm³/mol. The lowest BCUT2D eigenvalue weighted by molar-refractivity contribution is 0.367. The third-order valence-electron chi connectivity index (χ3n) is 2.80. The Morgan fingerprint density at radius 3 is 2.47 bits per heavy atom. The molecule has 5 heteroatoms. The number of benzene rings is 1. The number of hydrogen-bond acceptors (Lipinski definition) is 5. The first-order valence-corrected chi connectivity index (χ1v) is 5.89. The maximum absolute atomic E-state index is 6.10. The van der Waals surface area contributed by atoms with Gasteiger partial charge in [-0.25, -0.2) is 0 Å². The Balaban J connectivity index is 1.90. The van der Waals surface area contributed by atoms with Gasteiger partial charge in [0.1, 0.15) is 6.04 Å². The van der Waals surface area contributed by atoms with Crippen LogP contribution in [0.1, 0.15) is 17.5 Å². The van der Waals surface area contributed by atoms with E-state index in [0.717, 1.165) is 11.1 Å². The van der Waals surface area contributed by atoms with Crippen LogP contribution in [-0.4, -0.2) is 15.1 Å². The van der Waals surface area contributed by atoms with Crippen molar-refractivity contribution in [1.82, 2.24) is 15.1 Å². The Bertz CT molecular complexity index is 651. The number of pyridine rings is 1. The molecular weight excluding hydrogens is 240 g/mol. The molecular formula is C14H12N4O. The molecule has 2 aromatic heterocycles. The standard InChI is InChI=1S/C14H12N4O/c15-12(10-4-2-1-3-5-10)14-17-13(18-19-14)11-6-8-16-9-7-11/h1-9,12H,15H2/t12-/m0/s1. The molecule has 0 bridgehead atoms. The molecule has 3 rings (SSSR count). The van der Waals surface area contributed by atoms with Gasteiger partial charge in [-0.2, -0.15) is 4.98 Å². The van der Waals surface area contributed by atoms with Gasteiger partial charge in [0.15, 0.2) is 0 Å². The van der Waals surface area contributed by atoms with Gasteiger partial charge in [-0.15, -0.1) is 0 Å². The average Bonchev–Trinajstić information content (AvgIpc) is 2.98. The SMILES string of the molecule is N[C@@H](c1ccccc1)c1nc(-c2ccncc2)no1. The van der Waals surface area contributed by atoms with E-state index in [1.54, 1.807) is 12.4 Å². The highest BCUT2D eigenvalue weighted by Crippen LogP contribution is 2.21. The van der Waals surface area contributed by atoms with E-state index in [1.807, 2.05) is 42.5 Å². The Labute approximate surface area is 110 Å². The van der Waals surface area contributed by atoms with E-state index in [2.05, 4.69) is 15.1 Å². The fraction of sp³-hybridized carbons (Fsp3) is 0.0714. The van der Waals surface area contributed by atoms with Crippen LogP contribution in [0.3, 0.4) is 0 Å². The van der Waals surface area contributed by atoms with Crippen LogP contribution in [0.15, 0.2) is 59.4 Å². The molecule has 0 saturated carbocycles. The van der Waals surface area contributed by atoms with Crippen LogP contribution in [0, 0.1) is 0 Å². The molecule has 0 spiro atoms. The van der Waals surface area contributed by atoms with Crippen molar-refractivity contribution in [1.29, 1.82) is 0 Å². The summed E-state index contributed by atoms with van der Waals surface area (Å²) in [6.07, 6.45) is 3.37. The molecule has 1 aromatic carbocycles. The molecule has 0 amide bonds. The minimum atomic E-state index is -0.413. The summed E-state index contributed by atoms with van der Waals surface area (Å²) in [6.45, 7) is 0. The number of nitrogens with two attached hydrogens (primary N) is 1. The van der Waals surface area contributed by atoms with Gasteiger partial charge in [-0.05, 0) is 17.7 Å². The van der Waals surface area contributed by atoms with Gasteiger partial charge in [-0.3, -0.25) is 4.98 Å². The van der Waals surface area contributed by atoms with E-state index in [-0.39, 0.29) is 0 Å². The van der Waals surface area contributed by atoms with Crippen molar-refractivity contribution >= 4 is 0 Å². The molecule has 0 aliphatic carbocycles. The predicted octanol–water partition coefficient (Wildman–Crippen LogP) is 2.18. The Kier molecular flexibility index (Phi) is 3.04. The van der Waals surface area contributed by atoms with Crippen LogP contribution in [0.2, 0.25) is 0 Å². The second-order valence-corrected chi connectivity index (χ2v) is 4.08. The summed E-state index contributed by atoms with van der Waals surface area (Å²) in [5, 5.41) is 3.94. The molecule has 0 aliphatic heterocycles. The van der Waals surface area contributed by atoms with Crippen molar-refractivity contribution in [2.24, 2.45) is 5.73 Å². The van der Waals surface area contributed by atoms with E-state index < -0.39 is 6.04 Å². The molecule has 0 saturated heterocycles. The van der Waals surface area contributed by atoms with Crippen molar-refractivity contribution in [2.75, 3.05) is 0 Å². The quantitative estimate of drug-likeness (QED) is 0.773. The van der Waals surface area contributed by atoms with Crippen molar-refractivity contribution < 1.29 is 4.52 Å². The second-order valence-electron chi connectivity index (χ2n) is 4.08. The summed E-state index contributed by atoms with van der Waals surface area (Å²) in [5.74, 6) is 0.918. The lowest BCUT2D eigenvalue weighted by Gasteiger charge is -2.05. The molecule has 0 fully saturated rings. The third-order valence-corrected chi connectivity index (χ3v) is 2.80. The summed E-state index contributed by atoms with van der Waals surface area (Å²) >= 11 is 0. The summed E-state index contributed by atoms with van der Waals surface area (Å²) < 4.78 is 5.23. The molecule has 3 aromatic rings. The molecule has 94 valence electrons. The molecule has 2 N–H and O–H groups in total. The van der Waals surface area contributed by atoms with Crippen molar-refractivity contribution in [3.8, 4) is 11.4 Å². The Morgan fingerprint density at radius 2 is 1.74 bits per heavy atom. The van der Waals surface area contributed by atoms with Gasteiger partial charge in [0, 0.05) is 18.0 Å². The molecule has 1 atom stereocenters. The number of nitrogens with zero attached hydrogens (tertiary/aromatic N) is 3. The van der Waals surface area contributed by atoms with Gasteiger partial charge in [0.05, 0.1) is 0 Å². The van der Waals surface area contributed by atoms with Crippen LogP contribution < -0.4 is 5.73 Å². The summed E-state index contributed by atoms with van der Waals surface area (Å²) in [5.41, 5.74) is 7.89. The monoisotopic (exact) mass is 252 g/mol. The largest absolute Gasteiger partial charge is 0.337 e. The van der Waals surface area contributed by atoms with Crippen molar-refractivity contribution in [3.63, 3.8) is 0 Å². The molecule has 19 heavy (non-hydrogen) atoms. The number of rotatable bonds is 3. The van der Waals surface area contributed by atoms with Crippen LogP contribution >= 0.6 is 0 Å². The van der Waals surface area contributed by atoms with Gasteiger partial charge in [0.25, 0.3) is 0 Å². The van der Waals surface area contributed by atoms with Crippen molar-refractivity contribution in [2.45, 2.75) is 6.04 Å². The van der Waals surface area contributed by atoms with Crippen LogP contribution in [0.4, 0.5) is 0 Å². The Morgan fingerprint density at radius 1 is 1.00 bits per heavy atom. The van der Waals surface area contributed by atoms with Gasteiger partial charge in [-0.1, -0.05) is 35.5 Å². The Hall–Kier alpha value is -2.53. The highest BCUT2D eigenvalue weighted by atomic mass is 16.5. The van der Waals surface area contributed by atoms with Crippen LogP contribution in [-0.2, 0) is 0 Å². The maximum atomic E-state index is 6.10. The van der Waals surface area contributed by atoms with Crippen LogP contribution in [0.5, 0.6) is 0 Å². The first-order valence-electron chi connectivity index (χ1n) is 5.89. The fourth-order valence-corrected chi connectivity index (χ4v) is 1.78. The summed E-state index contributed by atoms with van der Waals surface area (Å²) in [4.78, 5) is 8.28. The number of aromatic nitrogens is 3. The number of hydrogen-bond donors (Lipinski definition) is 1. The van der Waals surface area contributed by atoms with E-state index in [9.17, 15) is 0 Å². The van der Waals surface area contributed by atoms with E-state index in [4.69, 9.17) is 10.3 Å². The van der Waals surface area contributed by atoms with E-state index in [0.29, 0.717) is 11.7 Å². The second kappa shape index (κ2) is 4.99. The normalized spacial score (nSPS) is 12.3. The first kappa shape index (κ1) is 11.6. The lowest BCUT2D eigenvalue weighted by atomic mass is 10.1. The minimum Gasteiger partial charge on any atom is -0.337 e. The van der Waals surface area contributed by atoms with Gasteiger partial charge < -0.3 is 10.3 Å². The fourth-order valence-electron chi connectivity index (χ4n) is 1.78. The van der Waals surface area contributed by atoms with Gasteiger partial charge >= 0.3 is 0 Å². The molecule has 0 radical (unpaired) electrons. The molecule has 2 heterocycles. The van der Waals surface area contributed by atoms with E-state index >= 15 is 0 Å². The molecule has 5 nitrogen and oxygen atoms in total. The zero-order valence-corrected chi connectivity index (χ0v) is 10.1. The average molecular weight is 252 g/mol. The lowest BCUT2D eigenvalue weighted by Crippen LogP contribution is -2.11. The smallest absolute Gasteiger partial charge is 0.248 e. The molecule has 0 unspecified atom stereocenters. The van der Waals surface area contributed by atoms with Crippen molar-refractivity contribution in [3.05, 3.63) is 66.3 Å². The van der Waals surface area contributed by atoms with E-state index in [1.165, 1.54) is 0 Å². The zero-order valence-electron chi connectivity index (χ0n) is 10.1. The third kappa shape index (κ3) is 2.36. The first-order chi connectivity index (χ1) is 9.34. The highest BCUT2D eigenvalue weighted by Gasteiger charge is 2.17. The maximum Gasteiger partial charge on any atom is 0.248 e. The highest BCUT2D eigenvalue weighted by molar-refractivity contribution is 5.52. The minimum absolute atomic E-state index is 0.401. The summed E-state index contributed by atoms with van der Waals surface area (Å²) in [6, 6.07) is 12.9. The van der Waals surface area contributed by atoms with Crippen LogP contribution in [0.25, 0.3) is 11.4 Å². The zero-order chi connectivity index (χ0) is 13.1.